The van der Waals surface area contributed by atoms with Crippen LogP contribution in [0.15, 0.2) is 24.4 Å². The Labute approximate surface area is 122 Å². The van der Waals surface area contributed by atoms with Crippen molar-refractivity contribution in [3.63, 3.8) is 0 Å². The minimum absolute atomic E-state index is 0.145. The van der Waals surface area contributed by atoms with Crippen molar-refractivity contribution < 1.29 is 4.79 Å². The molecule has 0 unspecified atom stereocenters. The highest BCUT2D eigenvalue weighted by Gasteiger charge is 2.13. The smallest absolute Gasteiger partial charge is 0.257 e. The molecule has 0 aliphatic heterocycles. The van der Waals surface area contributed by atoms with Gasteiger partial charge in [0.2, 0.25) is 0 Å². The lowest BCUT2D eigenvalue weighted by molar-refractivity contribution is 0.102. The molecule has 0 spiro atoms. The van der Waals surface area contributed by atoms with Crippen LogP contribution in [0.3, 0.4) is 0 Å². The van der Waals surface area contributed by atoms with E-state index < -0.39 is 0 Å². The second kappa shape index (κ2) is 6.49. The lowest BCUT2D eigenvalue weighted by Gasteiger charge is -2.12. The largest absolute Gasteiger partial charge is 0.384 e. The normalized spacial score (nSPS) is 10.3. The fourth-order valence-electron chi connectivity index (χ4n) is 1.86. The summed E-state index contributed by atoms with van der Waals surface area (Å²) in [5.74, 6) is -0.145. The zero-order valence-corrected chi connectivity index (χ0v) is 12.4. The molecule has 0 saturated heterocycles. The Hall–Kier alpha value is -1.92. The van der Waals surface area contributed by atoms with Gasteiger partial charge in [-0.15, -0.1) is 11.3 Å². The minimum Gasteiger partial charge on any atom is -0.384 e. The van der Waals surface area contributed by atoms with E-state index in [-0.39, 0.29) is 5.91 Å². The predicted molar refractivity (Wildman–Crippen MR) is 83.5 cm³/mol. The molecule has 5 nitrogen and oxygen atoms in total. The first kappa shape index (κ1) is 14.5. The molecule has 0 aliphatic rings. The molecule has 4 N–H and O–H groups in total. The second-order valence-electron chi connectivity index (χ2n) is 4.42. The molecule has 1 amide bonds. The first-order valence-corrected chi connectivity index (χ1v) is 7.21. The van der Waals surface area contributed by atoms with Crippen LogP contribution in [0, 0.1) is 13.8 Å². The lowest BCUT2D eigenvalue weighted by Crippen LogP contribution is -2.16. The highest BCUT2D eigenvalue weighted by Crippen LogP contribution is 2.21. The third kappa shape index (κ3) is 3.34. The number of anilines is 2. The number of aryl methyl sites for hydroxylation is 1. The number of nitrogens with zero attached hydrogens (tertiary/aromatic N) is 1. The number of hydrogen-bond acceptors (Lipinski definition) is 5. The Morgan fingerprint density at radius 3 is 2.85 bits per heavy atom. The third-order valence-corrected chi connectivity index (χ3v) is 3.71. The molecule has 2 aromatic rings. The van der Waals surface area contributed by atoms with E-state index in [0.29, 0.717) is 23.8 Å². The topological polar surface area (TPSA) is 80.0 Å². The Kier molecular flexibility index (Phi) is 4.70. The van der Waals surface area contributed by atoms with E-state index in [1.54, 1.807) is 12.3 Å². The molecule has 2 rings (SSSR count). The summed E-state index contributed by atoms with van der Waals surface area (Å²) < 4.78 is 0. The van der Waals surface area contributed by atoms with E-state index >= 15 is 0 Å². The van der Waals surface area contributed by atoms with E-state index in [2.05, 4.69) is 15.6 Å². The zero-order valence-electron chi connectivity index (χ0n) is 11.6. The van der Waals surface area contributed by atoms with E-state index in [9.17, 15) is 4.79 Å². The molecule has 1 heterocycles. The SMILES string of the molecule is Cc1cnc(NC(=O)c2cccc(NCCN)c2C)s1. The van der Waals surface area contributed by atoms with Crippen molar-refractivity contribution in [3.05, 3.63) is 40.4 Å². The van der Waals surface area contributed by atoms with Crippen LogP contribution in [0.5, 0.6) is 0 Å². The third-order valence-electron chi connectivity index (χ3n) is 2.88. The standard InChI is InChI=1S/C14H18N4OS/c1-9-8-17-14(20-9)18-13(19)11-4-3-5-12(10(11)2)16-7-6-15/h3-5,8,16H,6-7,15H2,1-2H3,(H,17,18,19). The summed E-state index contributed by atoms with van der Waals surface area (Å²) in [6.07, 6.45) is 1.74. The Balaban J connectivity index is 2.17. The first-order chi connectivity index (χ1) is 9.61. The maximum absolute atomic E-state index is 12.3. The number of carbonyl (C=O) groups is 1. The van der Waals surface area contributed by atoms with Crippen molar-refractivity contribution >= 4 is 28.1 Å². The fourth-order valence-corrected chi connectivity index (χ4v) is 2.52. The maximum Gasteiger partial charge on any atom is 0.257 e. The van der Waals surface area contributed by atoms with Crippen LogP contribution in [0.4, 0.5) is 10.8 Å². The van der Waals surface area contributed by atoms with Gasteiger partial charge < -0.3 is 11.1 Å². The van der Waals surface area contributed by atoms with Crippen LogP contribution in [0.2, 0.25) is 0 Å². The maximum atomic E-state index is 12.3. The van der Waals surface area contributed by atoms with Gasteiger partial charge in [-0.1, -0.05) is 6.07 Å². The molecule has 0 radical (unpaired) electrons. The van der Waals surface area contributed by atoms with Crippen LogP contribution in [0.1, 0.15) is 20.8 Å². The Morgan fingerprint density at radius 2 is 2.20 bits per heavy atom. The average Bonchev–Trinajstić information content (AvgIpc) is 2.83. The van der Waals surface area contributed by atoms with E-state index in [1.165, 1.54) is 11.3 Å². The number of hydrogen-bond donors (Lipinski definition) is 3. The molecule has 0 fully saturated rings. The van der Waals surface area contributed by atoms with Gasteiger partial charge in [-0.05, 0) is 31.5 Å². The number of carbonyl (C=O) groups excluding carboxylic acids is 1. The molecule has 106 valence electrons. The number of benzene rings is 1. The summed E-state index contributed by atoms with van der Waals surface area (Å²) in [4.78, 5) is 17.5. The Morgan fingerprint density at radius 1 is 1.40 bits per heavy atom. The van der Waals surface area contributed by atoms with Gasteiger partial charge in [0.15, 0.2) is 5.13 Å². The summed E-state index contributed by atoms with van der Waals surface area (Å²) >= 11 is 1.46. The molecule has 0 saturated carbocycles. The van der Waals surface area contributed by atoms with Gasteiger partial charge in [0.05, 0.1) is 0 Å². The Bertz CT molecular complexity index is 609. The van der Waals surface area contributed by atoms with Crippen LogP contribution in [-0.4, -0.2) is 24.0 Å². The van der Waals surface area contributed by atoms with E-state index in [4.69, 9.17) is 5.73 Å². The summed E-state index contributed by atoms with van der Waals surface area (Å²) in [6, 6.07) is 5.60. The van der Waals surface area contributed by atoms with Gasteiger partial charge in [-0.2, -0.15) is 0 Å². The van der Waals surface area contributed by atoms with Crippen LogP contribution >= 0.6 is 11.3 Å². The monoisotopic (exact) mass is 290 g/mol. The van der Waals surface area contributed by atoms with Crippen molar-refractivity contribution in [2.24, 2.45) is 5.73 Å². The van der Waals surface area contributed by atoms with Crippen molar-refractivity contribution in [2.75, 3.05) is 23.7 Å². The van der Waals surface area contributed by atoms with E-state index in [1.807, 2.05) is 26.0 Å². The van der Waals surface area contributed by atoms with Crippen LogP contribution < -0.4 is 16.4 Å². The molecule has 6 heteroatoms. The van der Waals surface area contributed by atoms with Gasteiger partial charge >= 0.3 is 0 Å². The first-order valence-electron chi connectivity index (χ1n) is 6.39. The summed E-state index contributed by atoms with van der Waals surface area (Å²) in [7, 11) is 0. The van der Waals surface area contributed by atoms with Gasteiger partial charge in [0.25, 0.3) is 5.91 Å². The quantitative estimate of drug-likeness (QED) is 0.790. The van der Waals surface area contributed by atoms with Gasteiger partial charge in [0.1, 0.15) is 0 Å². The minimum atomic E-state index is -0.145. The molecule has 1 aromatic heterocycles. The number of nitrogens with two attached hydrogens (primary N) is 1. The fraction of sp³-hybridized carbons (Fsp3) is 0.286. The average molecular weight is 290 g/mol. The summed E-state index contributed by atoms with van der Waals surface area (Å²) in [5.41, 5.74) is 7.96. The summed E-state index contributed by atoms with van der Waals surface area (Å²) in [6.45, 7) is 5.10. The molecule has 1 aromatic carbocycles. The van der Waals surface area contributed by atoms with Crippen molar-refractivity contribution in [1.29, 1.82) is 0 Å². The zero-order chi connectivity index (χ0) is 14.5. The van der Waals surface area contributed by atoms with Gasteiger partial charge in [0, 0.05) is 35.4 Å². The van der Waals surface area contributed by atoms with Crippen molar-refractivity contribution in [3.8, 4) is 0 Å². The molecular weight excluding hydrogens is 272 g/mol. The molecular formula is C14H18N4OS. The lowest BCUT2D eigenvalue weighted by atomic mass is 10.1. The van der Waals surface area contributed by atoms with E-state index in [0.717, 1.165) is 16.1 Å². The van der Waals surface area contributed by atoms with Crippen molar-refractivity contribution in [2.45, 2.75) is 13.8 Å². The number of aromatic nitrogens is 1. The molecule has 20 heavy (non-hydrogen) atoms. The molecule has 0 aliphatic carbocycles. The van der Waals surface area contributed by atoms with Crippen LogP contribution in [0.25, 0.3) is 0 Å². The van der Waals surface area contributed by atoms with Crippen molar-refractivity contribution in [1.82, 2.24) is 4.98 Å². The number of amides is 1. The number of nitrogens with one attached hydrogen (secondary N) is 2. The summed E-state index contributed by atoms with van der Waals surface area (Å²) in [5, 5.41) is 6.64. The predicted octanol–water partition coefficient (Wildman–Crippen LogP) is 2.38. The highest BCUT2D eigenvalue weighted by molar-refractivity contribution is 7.15. The molecule has 0 bridgehead atoms. The second-order valence-corrected chi connectivity index (χ2v) is 5.66. The van der Waals surface area contributed by atoms with Crippen LogP contribution in [-0.2, 0) is 0 Å². The number of rotatable bonds is 5. The molecule has 0 atom stereocenters. The number of thiazole rings is 1. The highest BCUT2D eigenvalue weighted by atomic mass is 32.1. The van der Waals surface area contributed by atoms with Gasteiger partial charge in [-0.3, -0.25) is 10.1 Å². The van der Waals surface area contributed by atoms with Gasteiger partial charge in [-0.25, -0.2) is 4.98 Å².